The molecule has 0 saturated carbocycles. The van der Waals surface area contributed by atoms with E-state index in [-0.39, 0.29) is 0 Å². The molecule has 0 spiro atoms. The quantitative estimate of drug-likeness (QED) is 0.400. The molecule has 1 N–H and O–H groups in total. The van der Waals surface area contributed by atoms with E-state index >= 15 is 0 Å². The smallest absolute Gasteiger partial charge is 0.182 e. The van der Waals surface area contributed by atoms with Gasteiger partial charge in [0.1, 0.15) is 0 Å². The van der Waals surface area contributed by atoms with Crippen LogP contribution in [-0.2, 0) is 6.54 Å². The molecular weight excluding hydrogens is 368 g/mol. The molecule has 0 aliphatic heterocycles. The zero-order chi connectivity index (χ0) is 22.1. The SMILES string of the molecule is CC.CC.Cc1cccc(-c2nc3cc(NCc4ccccc4C)cc(C)n3n2)c1. The maximum absolute atomic E-state index is 4.73. The normalized spacial score (nSPS) is 9.97. The molecule has 0 aliphatic carbocycles. The van der Waals surface area contributed by atoms with Crippen molar-refractivity contribution < 1.29 is 0 Å². The van der Waals surface area contributed by atoms with Gasteiger partial charge in [0.05, 0.1) is 0 Å². The van der Waals surface area contributed by atoms with Crippen molar-refractivity contribution in [2.75, 3.05) is 5.32 Å². The first kappa shape index (κ1) is 23.1. The number of nitrogens with one attached hydrogen (secondary N) is 1. The average Bonchev–Trinajstić information content (AvgIpc) is 3.21. The van der Waals surface area contributed by atoms with Gasteiger partial charge in [-0.25, -0.2) is 9.50 Å². The predicted octanol–water partition coefficient (Wildman–Crippen LogP) is 6.99. The van der Waals surface area contributed by atoms with Gasteiger partial charge in [-0.05, 0) is 44.0 Å². The number of aryl methyl sites for hydroxylation is 3. The van der Waals surface area contributed by atoms with Crippen LogP contribution in [0.5, 0.6) is 0 Å². The molecule has 4 aromatic rings. The van der Waals surface area contributed by atoms with E-state index in [1.165, 1.54) is 16.7 Å². The molecule has 0 amide bonds. The van der Waals surface area contributed by atoms with Crippen LogP contribution in [0.25, 0.3) is 17.0 Å². The second-order valence-corrected chi connectivity index (χ2v) is 6.74. The van der Waals surface area contributed by atoms with Crippen molar-refractivity contribution in [1.82, 2.24) is 14.6 Å². The highest BCUT2D eigenvalue weighted by Gasteiger charge is 2.09. The Balaban J connectivity index is 0.000000757. The first-order valence-corrected chi connectivity index (χ1v) is 10.8. The summed E-state index contributed by atoms with van der Waals surface area (Å²) in [5.74, 6) is 0.757. The molecule has 0 bridgehead atoms. The van der Waals surface area contributed by atoms with Crippen LogP contribution in [0.15, 0.2) is 60.7 Å². The topological polar surface area (TPSA) is 42.2 Å². The van der Waals surface area contributed by atoms with Gasteiger partial charge in [0.25, 0.3) is 0 Å². The standard InChI is InChI=1S/C22H22N4.2C2H6/c1-15-7-6-10-18(11-15)22-24-21-13-20(12-17(3)26(21)25-22)23-14-19-9-5-4-8-16(19)2;2*1-2/h4-13,23H,14H2,1-3H3;2*1-2H3. The highest BCUT2D eigenvalue weighted by molar-refractivity contribution is 5.62. The summed E-state index contributed by atoms with van der Waals surface area (Å²) in [6.45, 7) is 15.1. The molecular formula is C26H34N4. The number of hydrogen-bond acceptors (Lipinski definition) is 3. The van der Waals surface area contributed by atoms with Gasteiger partial charge in [-0.1, -0.05) is 75.7 Å². The van der Waals surface area contributed by atoms with Crippen molar-refractivity contribution in [2.24, 2.45) is 0 Å². The molecule has 4 nitrogen and oxygen atoms in total. The van der Waals surface area contributed by atoms with Crippen molar-refractivity contribution in [1.29, 1.82) is 0 Å². The summed E-state index contributed by atoms with van der Waals surface area (Å²) in [5, 5.41) is 8.19. The molecule has 2 aromatic heterocycles. The minimum atomic E-state index is 0.757. The molecule has 4 rings (SSSR count). The Bertz CT molecular complexity index is 1080. The second-order valence-electron chi connectivity index (χ2n) is 6.74. The highest BCUT2D eigenvalue weighted by atomic mass is 15.3. The monoisotopic (exact) mass is 402 g/mol. The lowest BCUT2D eigenvalue weighted by Crippen LogP contribution is -2.03. The van der Waals surface area contributed by atoms with Crippen molar-refractivity contribution in [2.45, 2.75) is 55.0 Å². The summed E-state index contributed by atoms with van der Waals surface area (Å²) in [7, 11) is 0. The maximum atomic E-state index is 4.73. The second kappa shape index (κ2) is 11.1. The predicted molar refractivity (Wildman–Crippen MR) is 129 cm³/mol. The molecule has 4 heteroatoms. The van der Waals surface area contributed by atoms with E-state index in [1.54, 1.807) is 0 Å². The van der Waals surface area contributed by atoms with Gasteiger partial charge >= 0.3 is 0 Å². The number of aromatic nitrogens is 3. The molecule has 0 atom stereocenters. The molecule has 0 unspecified atom stereocenters. The first-order chi connectivity index (χ1) is 14.6. The van der Waals surface area contributed by atoms with Crippen LogP contribution < -0.4 is 5.32 Å². The Morgan fingerprint density at radius 2 is 1.57 bits per heavy atom. The summed E-state index contributed by atoms with van der Waals surface area (Å²) in [6, 6.07) is 20.9. The van der Waals surface area contributed by atoms with Crippen LogP contribution in [0.4, 0.5) is 5.69 Å². The molecule has 0 saturated heterocycles. The van der Waals surface area contributed by atoms with Gasteiger partial charge in [0.2, 0.25) is 0 Å². The van der Waals surface area contributed by atoms with Crippen molar-refractivity contribution in [3.05, 3.63) is 83.0 Å². The number of nitrogens with zero attached hydrogens (tertiary/aromatic N) is 3. The molecule has 2 aromatic carbocycles. The van der Waals surface area contributed by atoms with E-state index in [4.69, 9.17) is 4.98 Å². The van der Waals surface area contributed by atoms with E-state index in [1.807, 2.05) is 38.3 Å². The molecule has 0 radical (unpaired) electrons. The van der Waals surface area contributed by atoms with E-state index in [0.717, 1.165) is 35.0 Å². The number of anilines is 1. The van der Waals surface area contributed by atoms with Gasteiger partial charge < -0.3 is 5.32 Å². The van der Waals surface area contributed by atoms with Crippen LogP contribution in [0, 0.1) is 20.8 Å². The largest absolute Gasteiger partial charge is 0.381 e. The zero-order valence-electron chi connectivity index (χ0n) is 19.3. The summed E-state index contributed by atoms with van der Waals surface area (Å²) < 4.78 is 1.90. The van der Waals surface area contributed by atoms with Gasteiger partial charge in [0.15, 0.2) is 11.5 Å². The number of fused-ring (bicyclic) bond motifs is 1. The number of pyridine rings is 1. The fraction of sp³-hybridized carbons (Fsp3) is 0.308. The van der Waals surface area contributed by atoms with Gasteiger partial charge in [-0.3, -0.25) is 0 Å². The summed E-state index contributed by atoms with van der Waals surface area (Å²) in [6.07, 6.45) is 0. The van der Waals surface area contributed by atoms with Crippen LogP contribution >= 0.6 is 0 Å². The lowest BCUT2D eigenvalue weighted by molar-refractivity contribution is 0.917. The number of hydrogen-bond donors (Lipinski definition) is 1. The summed E-state index contributed by atoms with van der Waals surface area (Å²) in [5.41, 5.74) is 7.81. The molecule has 0 aliphatic rings. The zero-order valence-corrected chi connectivity index (χ0v) is 19.3. The molecule has 0 fully saturated rings. The average molecular weight is 403 g/mol. The molecule has 30 heavy (non-hydrogen) atoms. The van der Waals surface area contributed by atoms with Gasteiger partial charge in [-0.15, -0.1) is 5.10 Å². The Kier molecular flexibility index (Phi) is 8.60. The summed E-state index contributed by atoms with van der Waals surface area (Å²) >= 11 is 0. The maximum Gasteiger partial charge on any atom is 0.182 e. The third-order valence-electron chi connectivity index (χ3n) is 4.64. The van der Waals surface area contributed by atoms with E-state index in [0.29, 0.717) is 0 Å². The minimum Gasteiger partial charge on any atom is -0.381 e. The highest BCUT2D eigenvalue weighted by Crippen LogP contribution is 2.21. The number of rotatable bonds is 4. The third-order valence-corrected chi connectivity index (χ3v) is 4.64. The van der Waals surface area contributed by atoms with Crippen LogP contribution in [0.3, 0.4) is 0 Å². The fourth-order valence-corrected chi connectivity index (χ4v) is 3.16. The molecule has 158 valence electrons. The van der Waals surface area contributed by atoms with E-state index < -0.39 is 0 Å². The Morgan fingerprint density at radius 1 is 0.833 bits per heavy atom. The first-order valence-electron chi connectivity index (χ1n) is 10.8. The third kappa shape index (κ3) is 5.47. The molecule has 2 heterocycles. The summed E-state index contributed by atoms with van der Waals surface area (Å²) in [4.78, 5) is 4.73. The van der Waals surface area contributed by atoms with Crippen LogP contribution in [0.1, 0.15) is 50.1 Å². The lowest BCUT2D eigenvalue weighted by atomic mass is 10.1. The number of benzene rings is 2. The Hall–Kier alpha value is -3.14. The van der Waals surface area contributed by atoms with Gasteiger partial charge in [-0.2, -0.15) is 0 Å². The van der Waals surface area contributed by atoms with E-state index in [2.05, 4.69) is 85.8 Å². The van der Waals surface area contributed by atoms with Gasteiger partial charge in [0, 0.05) is 29.6 Å². The van der Waals surface area contributed by atoms with E-state index in [9.17, 15) is 0 Å². The van der Waals surface area contributed by atoms with Crippen LogP contribution in [0.2, 0.25) is 0 Å². The fourth-order valence-electron chi connectivity index (χ4n) is 3.16. The lowest BCUT2D eigenvalue weighted by Gasteiger charge is -2.10. The Morgan fingerprint density at radius 3 is 2.27 bits per heavy atom. The minimum absolute atomic E-state index is 0.757. The van der Waals surface area contributed by atoms with Crippen molar-refractivity contribution >= 4 is 11.3 Å². The van der Waals surface area contributed by atoms with Crippen molar-refractivity contribution in [3.63, 3.8) is 0 Å². The van der Waals surface area contributed by atoms with Crippen molar-refractivity contribution in [3.8, 4) is 11.4 Å². The Labute approximate surface area is 181 Å². The van der Waals surface area contributed by atoms with Crippen LogP contribution in [-0.4, -0.2) is 14.6 Å².